The fraction of sp³-hybridized carbons (Fsp3) is 0.654. The fourth-order valence-corrected chi connectivity index (χ4v) is 6.58. The number of aromatic nitrogens is 4. The van der Waals surface area contributed by atoms with Crippen LogP contribution < -0.4 is 21.5 Å². The van der Waals surface area contributed by atoms with Crippen LogP contribution in [0.3, 0.4) is 0 Å². The number of H-pyrrole nitrogens is 1. The van der Waals surface area contributed by atoms with Gasteiger partial charge in [-0.3, -0.25) is 28.5 Å². The largest absolute Gasteiger partial charge is 0.468 e. The van der Waals surface area contributed by atoms with E-state index in [0.29, 0.717) is 0 Å². The van der Waals surface area contributed by atoms with E-state index in [9.17, 15) is 24.1 Å². The van der Waals surface area contributed by atoms with Crippen molar-refractivity contribution in [3.8, 4) is 12.3 Å². The maximum absolute atomic E-state index is 16.2. The number of rotatable bonds is 14. The van der Waals surface area contributed by atoms with E-state index in [1.165, 1.54) is 0 Å². The quantitative estimate of drug-likeness (QED) is 0.109. The first-order chi connectivity index (χ1) is 20.6. The molecule has 1 fully saturated rings. The summed E-state index contributed by atoms with van der Waals surface area (Å²) in [5, 5.41) is 16.2. The van der Waals surface area contributed by atoms with Crippen molar-refractivity contribution in [2.75, 3.05) is 26.6 Å². The first-order valence-electron chi connectivity index (χ1n) is 13.8. The summed E-state index contributed by atoms with van der Waals surface area (Å²) in [6, 6.07) is -2.29. The zero-order valence-corrected chi connectivity index (χ0v) is 26.2. The van der Waals surface area contributed by atoms with E-state index < -0.39 is 68.0 Å². The summed E-state index contributed by atoms with van der Waals surface area (Å²) in [6.07, 6.45) is 1.54. The van der Waals surface area contributed by atoms with E-state index in [1.807, 2.05) is 33.6 Å². The molecule has 3 heterocycles. The van der Waals surface area contributed by atoms with Gasteiger partial charge >= 0.3 is 19.6 Å². The van der Waals surface area contributed by atoms with Gasteiger partial charge in [0.25, 0.3) is 5.56 Å². The van der Waals surface area contributed by atoms with Crippen LogP contribution in [0.15, 0.2) is 11.1 Å². The van der Waals surface area contributed by atoms with Gasteiger partial charge < -0.3 is 29.6 Å². The molecule has 2 aromatic heterocycles. The van der Waals surface area contributed by atoms with Gasteiger partial charge in [-0.1, -0.05) is 33.6 Å². The second-order valence-electron chi connectivity index (χ2n) is 11.2. The molecule has 0 aliphatic carbocycles. The number of nitrogens with zero attached hydrogens (tertiary/aromatic N) is 3. The number of nitrogens with two attached hydrogens (primary N) is 1. The number of halogens is 1. The molecule has 18 heteroatoms. The standard InChI is InChI=1S/C26H39FN7O9P/c1-8-26(27)19(35)17(43-24(26)34-12-29-18-20(34)30-25(28)31-21(18)36)11-42-44(39,32-15(9-13(2)3)22(37)40-6)33-16(10-14(4)5)23(38)41-7/h1,12-17,19,24,35H,9-11H2,2-7H3,(H2,32,33,39)(H3,28,30,31,36)/t15?,16?,17-,19?,24-,26?,44?/m1/s1. The fourth-order valence-electron chi connectivity index (χ4n) is 4.76. The van der Waals surface area contributed by atoms with Crippen LogP contribution in [-0.2, 0) is 32.9 Å². The molecule has 1 aliphatic heterocycles. The van der Waals surface area contributed by atoms with Crippen molar-refractivity contribution in [1.82, 2.24) is 29.7 Å². The smallest absolute Gasteiger partial charge is 0.342 e. The topological polar surface area (TPSA) is 222 Å². The molecule has 2 aromatic rings. The number of aromatic amines is 1. The van der Waals surface area contributed by atoms with Crippen molar-refractivity contribution in [1.29, 1.82) is 0 Å². The summed E-state index contributed by atoms with van der Waals surface area (Å²) < 4.78 is 52.7. The van der Waals surface area contributed by atoms with Gasteiger partial charge in [-0.25, -0.2) is 19.5 Å². The van der Waals surface area contributed by atoms with Crippen molar-refractivity contribution < 1.29 is 42.4 Å². The van der Waals surface area contributed by atoms with Crippen LogP contribution in [0.4, 0.5) is 10.3 Å². The number of nitrogen functional groups attached to an aromatic ring is 1. The highest BCUT2D eigenvalue weighted by atomic mass is 31.2. The van der Waals surface area contributed by atoms with Crippen LogP contribution >= 0.6 is 7.67 Å². The number of hydrogen-bond acceptors (Lipinski definition) is 12. The third-order valence-corrected chi connectivity index (χ3v) is 8.64. The lowest BCUT2D eigenvalue weighted by molar-refractivity contribution is -0.143. The lowest BCUT2D eigenvalue weighted by atomic mass is 9.97. The summed E-state index contributed by atoms with van der Waals surface area (Å²) in [5.74, 6) is -0.00680. The van der Waals surface area contributed by atoms with Crippen LogP contribution in [0.1, 0.15) is 46.8 Å². The van der Waals surface area contributed by atoms with Crippen LogP contribution in [-0.4, -0.2) is 87.4 Å². The number of ether oxygens (including phenoxy) is 3. The predicted molar refractivity (Wildman–Crippen MR) is 155 cm³/mol. The third kappa shape index (κ3) is 7.63. The van der Waals surface area contributed by atoms with Crippen LogP contribution in [0, 0.1) is 24.2 Å². The number of aliphatic hydroxyl groups excluding tert-OH is 1. The Morgan fingerprint density at radius 1 is 1.23 bits per heavy atom. The monoisotopic (exact) mass is 643 g/mol. The number of methoxy groups -OCH3 is 2. The Morgan fingerprint density at radius 3 is 2.25 bits per heavy atom. The minimum absolute atomic E-state index is 0.0597. The van der Waals surface area contributed by atoms with Crippen LogP contribution in [0.5, 0.6) is 0 Å². The Bertz CT molecular complexity index is 1460. The number of aliphatic hydroxyl groups is 1. The van der Waals surface area contributed by atoms with Gasteiger partial charge in [-0.05, 0) is 24.7 Å². The maximum Gasteiger partial charge on any atom is 0.342 e. The van der Waals surface area contributed by atoms with E-state index in [2.05, 4.69) is 25.1 Å². The molecule has 244 valence electrons. The average Bonchev–Trinajstić information content (AvgIpc) is 3.48. The molecule has 0 bridgehead atoms. The predicted octanol–water partition coefficient (Wildman–Crippen LogP) is 0.781. The highest BCUT2D eigenvalue weighted by Crippen LogP contribution is 2.46. The summed E-state index contributed by atoms with van der Waals surface area (Å²) in [7, 11) is -2.08. The molecule has 0 amide bonds. The minimum atomic E-state index is -4.40. The van der Waals surface area contributed by atoms with Crippen molar-refractivity contribution in [3.05, 3.63) is 16.7 Å². The van der Waals surface area contributed by atoms with E-state index >= 15 is 4.39 Å². The Labute approximate surface area is 253 Å². The average molecular weight is 644 g/mol. The van der Waals surface area contributed by atoms with E-state index in [0.717, 1.165) is 25.1 Å². The Balaban J connectivity index is 1.96. The molecule has 16 nitrogen and oxygen atoms in total. The van der Waals surface area contributed by atoms with E-state index in [4.69, 9.17) is 30.9 Å². The van der Waals surface area contributed by atoms with Gasteiger partial charge in [0.05, 0.1) is 27.2 Å². The molecular weight excluding hydrogens is 604 g/mol. The number of alkyl halides is 1. The number of imidazole rings is 1. The number of carbonyl (C=O) groups is 2. The van der Waals surface area contributed by atoms with Crippen molar-refractivity contribution >= 4 is 36.7 Å². The summed E-state index contributed by atoms with van der Waals surface area (Å²) >= 11 is 0. The lowest BCUT2D eigenvalue weighted by Gasteiger charge is -2.30. The van der Waals surface area contributed by atoms with Crippen molar-refractivity contribution in [2.24, 2.45) is 11.8 Å². The van der Waals surface area contributed by atoms with Gasteiger partial charge in [0, 0.05) is 0 Å². The molecule has 0 aromatic carbocycles. The van der Waals surface area contributed by atoms with Gasteiger partial charge in [0.15, 0.2) is 17.4 Å². The number of fused-ring (bicyclic) bond motifs is 1. The molecule has 4 unspecified atom stereocenters. The second-order valence-corrected chi connectivity index (χ2v) is 13.1. The normalized spacial score (nSPS) is 24.6. The SMILES string of the molecule is C#CC1(F)C(O)[C@@H](COP(=O)(NC(CC(C)C)C(=O)OC)NC(CC(C)C)C(=O)OC)O[C@H]1n1cnc2c(=O)[nH]c(N)nc21. The highest BCUT2D eigenvalue weighted by molar-refractivity contribution is 7.54. The Kier molecular flexibility index (Phi) is 11.3. The zero-order valence-electron chi connectivity index (χ0n) is 25.3. The molecule has 44 heavy (non-hydrogen) atoms. The number of esters is 2. The van der Waals surface area contributed by atoms with Crippen LogP contribution in [0.25, 0.3) is 11.2 Å². The molecular formula is C26H39FN7O9P. The molecule has 0 saturated carbocycles. The van der Waals surface area contributed by atoms with Crippen LogP contribution in [0.2, 0.25) is 0 Å². The maximum atomic E-state index is 16.2. The molecule has 6 N–H and O–H groups in total. The summed E-state index contributed by atoms with van der Waals surface area (Å²) in [5.41, 5.74) is 1.69. The Hall–Kier alpha value is -3.39. The first-order valence-corrected chi connectivity index (χ1v) is 15.4. The molecule has 0 radical (unpaired) electrons. The van der Waals surface area contributed by atoms with Gasteiger partial charge in [0.1, 0.15) is 24.3 Å². The van der Waals surface area contributed by atoms with Gasteiger partial charge in [-0.15, -0.1) is 6.42 Å². The molecule has 0 spiro atoms. The molecule has 1 saturated heterocycles. The molecule has 6 atom stereocenters. The van der Waals surface area contributed by atoms with Gasteiger partial charge in [0.2, 0.25) is 11.6 Å². The third-order valence-electron chi connectivity index (χ3n) is 6.83. The minimum Gasteiger partial charge on any atom is -0.468 e. The van der Waals surface area contributed by atoms with E-state index in [-0.39, 0.29) is 41.8 Å². The number of carbonyl (C=O) groups excluding carboxylic acids is 2. The van der Waals surface area contributed by atoms with Crippen molar-refractivity contribution in [2.45, 2.75) is 76.7 Å². The number of nitrogens with one attached hydrogen (secondary N) is 3. The van der Waals surface area contributed by atoms with Gasteiger partial charge in [-0.2, -0.15) is 4.98 Å². The number of hydrogen-bond donors (Lipinski definition) is 5. The Morgan fingerprint density at radius 2 is 1.77 bits per heavy atom. The zero-order chi connectivity index (χ0) is 33.0. The van der Waals surface area contributed by atoms with E-state index in [1.54, 1.807) is 0 Å². The summed E-state index contributed by atoms with van der Waals surface area (Å²) in [4.78, 5) is 47.6. The molecule has 1 aliphatic rings. The highest BCUT2D eigenvalue weighted by Gasteiger charge is 2.58. The summed E-state index contributed by atoms with van der Waals surface area (Å²) in [6.45, 7) is 6.56. The first kappa shape index (κ1) is 35.1. The lowest BCUT2D eigenvalue weighted by Crippen LogP contribution is -2.46. The second kappa shape index (κ2) is 14.1. The van der Waals surface area contributed by atoms with Crippen molar-refractivity contribution in [3.63, 3.8) is 0 Å². The number of terminal acetylenes is 1. The molecule has 3 rings (SSSR count). The number of anilines is 1.